The Morgan fingerprint density at radius 3 is 2.64 bits per heavy atom. The van der Waals surface area contributed by atoms with E-state index in [1.165, 1.54) is 38.8 Å². The number of ether oxygens (including phenoxy) is 1. The summed E-state index contributed by atoms with van der Waals surface area (Å²) in [7, 11) is 0. The van der Waals surface area contributed by atoms with Crippen LogP contribution >= 0.6 is 0 Å². The number of piperidine rings is 1. The fourth-order valence-electron chi connectivity index (χ4n) is 4.35. The Morgan fingerprint density at radius 1 is 1.20 bits per heavy atom. The average molecular weight is 353 g/mol. The number of aliphatic hydroxyl groups is 1. The minimum absolute atomic E-state index is 0.0923. The Bertz CT molecular complexity index is 431. The van der Waals surface area contributed by atoms with Gasteiger partial charge in [0.2, 0.25) is 0 Å². The highest BCUT2D eigenvalue weighted by atomic mass is 16.5. The lowest BCUT2D eigenvalue weighted by atomic mass is 9.81. The third kappa shape index (κ3) is 4.86. The summed E-state index contributed by atoms with van der Waals surface area (Å²) in [6.45, 7) is 10.1. The number of hydrogen-bond donors (Lipinski definition) is 2. The lowest BCUT2D eigenvalue weighted by Crippen LogP contribution is -2.45. The van der Waals surface area contributed by atoms with Gasteiger partial charge in [-0.05, 0) is 52.1 Å². The Kier molecular flexibility index (Phi) is 6.96. The molecule has 0 aromatic rings. The number of nitrogens with one attached hydrogen (secondary N) is 1. The van der Waals surface area contributed by atoms with Crippen molar-refractivity contribution in [3.05, 3.63) is 0 Å². The van der Waals surface area contributed by atoms with E-state index in [2.05, 4.69) is 22.0 Å². The molecule has 1 atom stereocenters. The summed E-state index contributed by atoms with van der Waals surface area (Å²) in [6.07, 6.45) is 7.15. The average Bonchev–Trinajstić information content (AvgIpc) is 3.16. The van der Waals surface area contributed by atoms with E-state index in [4.69, 9.17) is 9.73 Å². The van der Waals surface area contributed by atoms with Gasteiger partial charge in [-0.1, -0.05) is 6.42 Å². The molecule has 6 heteroatoms. The van der Waals surface area contributed by atoms with Crippen molar-refractivity contribution in [2.45, 2.75) is 51.5 Å². The number of hydrogen-bond acceptors (Lipinski definition) is 4. The van der Waals surface area contributed by atoms with Crippen molar-refractivity contribution in [3.8, 4) is 0 Å². The van der Waals surface area contributed by atoms with E-state index in [1.54, 1.807) is 0 Å². The van der Waals surface area contributed by atoms with Crippen LogP contribution in [0, 0.1) is 5.41 Å². The van der Waals surface area contributed by atoms with Crippen molar-refractivity contribution in [3.63, 3.8) is 0 Å². The first-order valence-corrected chi connectivity index (χ1v) is 10.2. The largest absolute Gasteiger partial charge is 0.396 e. The highest BCUT2D eigenvalue weighted by Gasteiger charge is 2.33. The van der Waals surface area contributed by atoms with E-state index in [9.17, 15) is 5.11 Å². The molecule has 3 fully saturated rings. The molecule has 3 heterocycles. The molecule has 0 amide bonds. The third-order valence-electron chi connectivity index (χ3n) is 6.16. The summed E-state index contributed by atoms with van der Waals surface area (Å²) in [5.74, 6) is 1.03. The van der Waals surface area contributed by atoms with Crippen molar-refractivity contribution >= 4 is 5.96 Å². The van der Waals surface area contributed by atoms with Gasteiger partial charge in [0.05, 0.1) is 13.2 Å². The van der Waals surface area contributed by atoms with Gasteiger partial charge < -0.3 is 20.1 Å². The van der Waals surface area contributed by atoms with E-state index in [1.807, 2.05) is 0 Å². The highest BCUT2D eigenvalue weighted by molar-refractivity contribution is 5.80. The summed E-state index contributed by atoms with van der Waals surface area (Å²) in [4.78, 5) is 10.0. The molecule has 25 heavy (non-hydrogen) atoms. The van der Waals surface area contributed by atoms with Gasteiger partial charge in [-0.3, -0.25) is 9.89 Å². The van der Waals surface area contributed by atoms with Crippen LogP contribution in [0.1, 0.15) is 45.4 Å². The molecule has 6 nitrogen and oxygen atoms in total. The van der Waals surface area contributed by atoms with Crippen LogP contribution in [-0.4, -0.2) is 86.0 Å². The molecule has 0 saturated carbocycles. The first-order valence-electron chi connectivity index (χ1n) is 10.2. The predicted octanol–water partition coefficient (Wildman–Crippen LogP) is 1.30. The number of likely N-dealkylation sites (tertiary alicyclic amines) is 2. The maximum Gasteiger partial charge on any atom is 0.193 e. The molecule has 3 saturated heterocycles. The zero-order chi connectivity index (χ0) is 17.5. The molecule has 0 aromatic carbocycles. The number of aliphatic hydroxyl groups excluding tert-OH is 1. The number of nitrogens with zero attached hydrogens (tertiary/aromatic N) is 3. The van der Waals surface area contributed by atoms with E-state index < -0.39 is 0 Å². The summed E-state index contributed by atoms with van der Waals surface area (Å²) in [5.41, 5.74) is -0.0923. The molecular formula is C19H36N4O2. The third-order valence-corrected chi connectivity index (χ3v) is 6.16. The number of aliphatic imine (C=N–C) groups is 1. The summed E-state index contributed by atoms with van der Waals surface area (Å²) >= 11 is 0. The normalized spacial score (nSPS) is 28.3. The molecule has 0 spiro atoms. The van der Waals surface area contributed by atoms with Crippen molar-refractivity contribution < 1.29 is 9.84 Å². The van der Waals surface area contributed by atoms with E-state index in [0.717, 1.165) is 51.6 Å². The van der Waals surface area contributed by atoms with Crippen molar-refractivity contribution in [1.82, 2.24) is 15.1 Å². The van der Waals surface area contributed by atoms with E-state index >= 15 is 0 Å². The van der Waals surface area contributed by atoms with Gasteiger partial charge >= 0.3 is 0 Å². The number of rotatable bonds is 5. The van der Waals surface area contributed by atoms with Gasteiger partial charge in [0.25, 0.3) is 0 Å². The maximum atomic E-state index is 9.90. The fraction of sp³-hybridized carbons (Fsp3) is 0.947. The van der Waals surface area contributed by atoms with Crippen LogP contribution in [-0.2, 0) is 4.74 Å². The standard InChI is InChI=1S/C19H36N4O2/c1-2-20-18(21-15-19(16-24)7-12-25-13-8-19)23-11-6-17(14-23)22-9-4-3-5-10-22/h17,24H,2-16H2,1H3,(H,20,21). The van der Waals surface area contributed by atoms with Crippen LogP contribution in [0.3, 0.4) is 0 Å². The van der Waals surface area contributed by atoms with Gasteiger partial charge in [0, 0.05) is 44.3 Å². The van der Waals surface area contributed by atoms with Crippen LogP contribution < -0.4 is 5.32 Å². The highest BCUT2D eigenvalue weighted by Crippen LogP contribution is 2.30. The first-order chi connectivity index (χ1) is 12.3. The Hall–Kier alpha value is -0.850. The Balaban J connectivity index is 1.60. The molecule has 3 rings (SSSR count). The molecule has 0 bridgehead atoms. The zero-order valence-corrected chi connectivity index (χ0v) is 15.9. The van der Waals surface area contributed by atoms with Crippen LogP contribution in [0.25, 0.3) is 0 Å². The molecule has 0 aromatic heterocycles. The molecule has 0 radical (unpaired) electrons. The maximum absolute atomic E-state index is 9.90. The lowest BCUT2D eigenvalue weighted by molar-refractivity contribution is -0.0107. The lowest BCUT2D eigenvalue weighted by Gasteiger charge is -2.35. The van der Waals surface area contributed by atoms with Crippen LogP contribution in [0.5, 0.6) is 0 Å². The molecule has 2 N–H and O–H groups in total. The second-order valence-corrected chi connectivity index (χ2v) is 7.93. The van der Waals surface area contributed by atoms with Crippen molar-refractivity contribution in [2.75, 3.05) is 59.1 Å². The second kappa shape index (κ2) is 9.19. The Labute approximate surface area is 152 Å². The smallest absolute Gasteiger partial charge is 0.193 e. The number of guanidine groups is 1. The van der Waals surface area contributed by atoms with Gasteiger partial charge in [0.15, 0.2) is 5.96 Å². The topological polar surface area (TPSA) is 60.3 Å². The Morgan fingerprint density at radius 2 is 1.96 bits per heavy atom. The van der Waals surface area contributed by atoms with Gasteiger partial charge in [0.1, 0.15) is 0 Å². The van der Waals surface area contributed by atoms with Gasteiger partial charge in [-0.25, -0.2) is 0 Å². The van der Waals surface area contributed by atoms with Gasteiger partial charge in [-0.15, -0.1) is 0 Å². The zero-order valence-electron chi connectivity index (χ0n) is 15.9. The fourth-order valence-corrected chi connectivity index (χ4v) is 4.35. The predicted molar refractivity (Wildman–Crippen MR) is 101 cm³/mol. The quantitative estimate of drug-likeness (QED) is 0.577. The van der Waals surface area contributed by atoms with Gasteiger partial charge in [-0.2, -0.15) is 0 Å². The molecule has 0 aliphatic carbocycles. The SMILES string of the molecule is CCNC(=NCC1(CO)CCOCC1)N1CCC(N2CCCCC2)C1. The molecule has 1 unspecified atom stereocenters. The first kappa shape index (κ1) is 18.9. The van der Waals surface area contributed by atoms with E-state index in [0.29, 0.717) is 12.6 Å². The monoisotopic (exact) mass is 352 g/mol. The summed E-state index contributed by atoms with van der Waals surface area (Å²) < 4.78 is 5.47. The minimum atomic E-state index is -0.0923. The molecule has 3 aliphatic heterocycles. The van der Waals surface area contributed by atoms with Crippen LogP contribution in [0.2, 0.25) is 0 Å². The van der Waals surface area contributed by atoms with Crippen LogP contribution in [0.4, 0.5) is 0 Å². The summed E-state index contributed by atoms with van der Waals surface area (Å²) in [5, 5.41) is 13.4. The van der Waals surface area contributed by atoms with E-state index in [-0.39, 0.29) is 12.0 Å². The summed E-state index contributed by atoms with van der Waals surface area (Å²) in [6, 6.07) is 0.680. The second-order valence-electron chi connectivity index (χ2n) is 7.93. The molecule has 3 aliphatic rings. The van der Waals surface area contributed by atoms with Crippen molar-refractivity contribution in [2.24, 2.45) is 10.4 Å². The van der Waals surface area contributed by atoms with Crippen LogP contribution in [0.15, 0.2) is 4.99 Å². The molecular weight excluding hydrogens is 316 g/mol. The molecule has 144 valence electrons. The minimum Gasteiger partial charge on any atom is -0.396 e. The van der Waals surface area contributed by atoms with Crippen molar-refractivity contribution in [1.29, 1.82) is 0 Å².